The molecule has 1 amide bonds. The Hall–Kier alpha value is -1.31. The maximum Gasteiger partial charge on any atom is 0.253 e. The van der Waals surface area contributed by atoms with Gasteiger partial charge in [0.2, 0.25) is 10.0 Å². The fourth-order valence-corrected chi connectivity index (χ4v) is 4.29. The minimum Gasteiger partial charge on any atom is -0.495 e. The van der Waals surface area contributed by atoms with E-state index in [4.69, 9.17) is 16.3 Å². The highest BCUT2D eigenvalue weighted by Crippen LogP contribution is 2.25. The predicted molar refractivity (Wildman–Crippen MR) is 89.6 cm³/mol. The van der Waals surface area contributed by atoms with Crippen LogP contribution in [0.4, 0.5) is 0 Å². The maximum absolute atomic E-state index is 12.5. The average molecular weight is 361 g/mol. The van der Waals surface area contributed by atoms with Gasteiger partial charge < -0.3 is 9.64 Å². The first kappa shape index (κ1) is 18.0. The van der Waals surface area contributed by atoms with Gasteiger partial charge in [-0.25, -0.2) is 8.42 Å². The van der Waals surface area contributed by atoms with Crippen molar-refractivity contribution in [2.24, 2.45) is 0 Å². The number of ether oxygens (including phenoxy) is 1. The number of methoxy groups -OCH3 is 1. The van der Waals surface area contributed by atoms with E-state index in [1.54, 1.807) is 23.1 Å². The Kier molecular flexibility index (Phi) is 5.89. The summed E-state index contributed by atoms with van der Waals surface area (Å²) in [7, 11) is -1.69. The molecule has 0 N–H and O–H groups in total. The zero-order valence-electron chi connectivity index (χ0n) is 13.3. The Morgan fingerprint density at radius 3 is 2.43 bits per heavy atom. The molecule has 1 aliphatic rings. The first-order valence-corrected chi connectivity index (χ1v) is 9.48. The molecular formula is C15H21ClN2O4S. The standard InChI is InChI=1S/C15H21ClN2O4S/c1-3-10-23(20,21)18-8-6-17(7-9-18)15(19)12-4-5-14(22-2)13(16)11-12/h4-5,11H,3,6-10H2,1-2H3. The summed E-state index contributed by atoms with van der Waals surface area (Å²) in [5.74, 6) is 0.510. The van der Waals surface area contributed by atoms with E-state index in [0.29, 0.717) is 48.9 Å². The summed E-state index contributed by atoms with van der Waals surface area (Å²) in [4.78, 5) is 14.1. The highest BCUT2D eigenvalue weighted by Gasteiger charge is 2.28. The number of amides is 1. The van der Waals surface area contributed by atoms with Crippen LogP contribution < -0.4 is 4.74 Å². The van der Waals surface area contributed by atoms with Gasteiger partial charge in [0.1, 0.15) is 5.75 Å². The van der Waals surface area contributed by atoms with Crippen molar-refractivity contribution in [1.82, 2.24) is 9.21 Å². The third kappa shape index (κ3) is 4.16. The Morgan fingerprint density at radius 2 is 1.91 bits per heavy atom. The number of rotatable bonds is 5. The molecule has 1 saturated heterocycles. The van der Waals surface area contributed by atoms with Gasteiger partial charge in [0.15, 0.2) is 0 Å². The molecule has 8 heteroatoms. The van der Waals surface area contributed by atoms with E-state index in [1.165, 1.54) is 11.4 Å². The van der Waals surface area contributed by atoms with E-state index in [9.17, 15) is 13.2 Å². The van der Waals surface area contributed by atoms with E-state index in [-0.39, 0.29) is 11.7 Å². The number of carbonyl (C=O) groups is 1. The quantitative estimate of drug-likeness (QED) is 0.803. The highest BCUT2D eigenvalue weighted by molar-refractivity contribution is 7.89. The summed E-state index contributed by atoms with van der Waals surface area (Å²) in [5.41, 5.74) is 0.473. The number of halogens is 1. The molecule has 6 nitrogen and oxygen atoms in total. The summed E-state index contributed by atoms with van der Waals surface area (Å²) in [5, 5.41) is 0.377. The molecule has 0 bridgehead atoms. The normalized spacial score (nSPS) is 16.4. The molecule has 1 aromatic carbocycles. The molecule has 0 aromatic heterocycles. The van der Waals surface area contributed by atoms with Crippen LogP contribution in [0.2, 0.25) is 5.02 Å². The third-order valence-electron chi connectivity index (χ3n) is 3.78. The topological polar surface area (TPSA) is 66.9 Å². The summed E-state index contributed by atoms with van der Waals surface area (Å²) in [6.45, 7) is 3.26. The van der Waals surface area contributed by atoms with E-state index < -0.39 is 10.0 Å². The molecule has 128 valence electrons. The smallest absolute Gasteiger partial charge is 0.253 e. The van der Waals surface area contributed by atoms with Gasteiger partial charge in [0.25, 0.3) is 5.91 Å². The van der Waals surface area contributed by atoms with Crippen LogP contribution in [0, 0.1) is 0 Å². The van der Waals surface area contributed by atoms with Crippen molar-refractivity contribution >= 4 is 27.5 Å². The largest absolute Gasteiger partial charge is 0.495 e. The Bertz CT molecular complexity index is 670. The minimum absolute atomic E-state index is 0.148. The van der Waals surface area contributed by atoms with Crippen molar-refractivity contribution in [1.29, 1.82) is 0 Å². The van der Waals surface area contributed by atoms with Crippen molar-refractivity contribution in [3.05, 3.63) is 28.8 Å². The summed E-state index contributed by atoms with van der Waals surface area (Å²) in [6, 6.07) is 4.88. The maximum atomic E-state index is 12.5. The first-order chi connectivity index (χ1) is 10.9. The minimum atomic E-state index is -3.21. The summed E-state index contributed by atoms with van der Waals surface area (Å²) >= 11 is 6.05. The van der Waals surface area contributed by atoms with Crippen LogP contribution >= 0.6 is 11.6 Å². The van der Waals surface area contributed by atoms with Crippen LogP contribution in [0.3, 0.4) is 0 Å². The highest BCUT2D eigenvalue weighted by atomic mass is 35.5. The van der Waals surface area contributed by atoms with Gasteiger partial charge in [-0.2, -0.15) is 4.31 Å². The monoisotopic (exact) mass is 360 g/mol. The Morgan fingerprint density at radius 1 is 1.26 bits per heavy atom. The van der Waals surface area contributed by atoms with Crippen LogP contribution in [0.5, 0.6) is 5.75 Å². The first-order valence-electron chi connectivity index (χ1n) is 7.49. The van der Waals surface area contributed by atoms with Gasteiger partial charge in [-0.05, 0) is 24.6 Å². The molecular weight excluding hydrogens is 340 g/mol. The molecule has 1 aromatic rings. The molecule has 1 fully saturated rings. The van der Waals surface area contributed by atoms with Gasteiger partial charge in [-0.3, -0.25) is 4.79 Å². The van der Waals surface area contributed by atoms with Gasteiger partial charge in [-0.15, -0.1) is 0 Å². The lowest BCUT2D eigenvalue weighted by atomic mass is 10.1. The molecule has 2 rings (SSSR count). The lowest BCUT2D eigenvalue weighted by Crippen LogP contribution is -2.51. The average Bonchev–Trinajstić information content (AvgIpc) is 2.54. The van der Waals surface area contributed by atoms with E-state index in [1.807, 2.05) is 6.92 Å². The van der Waals surface area contributed by atoms with Crippen LogP contribution in [-0.2, 0) is 10.0 Å². The number of carbonyl (C=O) groups excluding carboxylic acids is 1. The van der Waals surface area contributed by atoms with Gasteiger partial charge in [-0.1, -0.05) is 18.5 Å². The van der Waals surface area contributed by atoms with Gasteiger partial charge >= 0.3 is 0 Å². The lowest BCUT2D eigenvalue weighted by Gasteiger charge is -2.34. The fraction of sp³-hybridized carbons (Fsp3) is 0.533. The number of nitrogens with zero attached hydrogens (tertiary/aromatic N) is 2. The molecule has 0 aliphatic carbocycles. The number of sulfonamides is 1. The van der Waals surface area contributed by atoms with E-state index >= 15 is 0 Å². The van der Waals surface area contributed by atoms with Crippen LogP contribution in [0.15, 0.2) is 18.2 Å². The lowest BCUT2D eigenvalue weighted by molar-refractivity contribution is 0.0698. The zero-order valence-corrected chi connectivity index (χ0v) is 14.9. The predicted octanol–water partition coefficient (Wildman–Crippen LogP) is 1.85. The van der Waals surface area contributed by atoms with Crippen molar-refractivity contribution in [3.8, 4) is 5.75 Å². The molecule has 1 heterocycles. The van der Waals surface area contributed by atoms with E-state index in [2.05, 4.69) is 0 Å². The van der Waals surface area contributed by atoms with Crippen molar-refractivity contribution in [2.45, 2.75) is 13.3 Å². The molecule has 0 spiro atoms. The second kappa shape index (κ2) is 7.51. The second-order valence-corrected chi connectivity index (χ2v) is 7.85. The summed E-state index contributed by atoms with van der Waals surface area (Å²) in [6.07, 6.45) is 0.589. The zero-order chi connectivity index (χ0) is 17.0. The third-order valence-corrected chi connectivity index (χ3v) is 6.15. The fourth-order valence-electron chi connectivity index (χ4n) is 2.54. The molecule has 0 atom stereocenters. The van der Waals surface area contributed by atoms with Crippen LogP contribution in [0.25, 0.3) is 0 Å². The molecule has 1 aliphatic heterocycles. The van der Waals surface area contributed by atoms with Gasteiger partial charge in [0, 0.05) is 31.7 Å². The molecule has 23 heavy (non-hydrogen) atoms. The van der Waals surface area contributed by atoms with Crippen molar-refractivity contribution < 1.29 is 17.9 Å². The van der Waals surface area contributed by atoms with Crippen molar-refractivity contribution in [3.63, 3.8) is 0 Å². The SMILES string of the molecule is CCCS(=O)(=O)N1CCN(C(=O)c2ccc(OC)c(Cl)c2)CC1. The van der Waals surface area contributed by atoms with E-state index in [0.717, 1.165) is 0 Å². The number of piperazine rings is 1. The number of benzene rings is 1. The second-order valence-electron chi connectivity index (χ2n) is 5.36. The number of hydrogen-bond acceptors (Lipinski definition) is 4. The van der Waals surface area contributed by atoms with Gasteiger partial charge in [0.05, 0.1) is 17.9 Å². The molecule has 0 saturated carbocycles. The molecule has 0 radical (unpaired) electrons. The Balaban J connectivity index is 2.02. The van der Waals surface area contributed by atoms with Crippen LogP contribution in [-0.4, -0.2) is 62.6 Å². The van der Waals surface area contributed by atoms with Crippen molar-refractivity contribution in [2.75, 3.05) is 39.0 Å². The summed E-state index contributed by atoms with van der Waals surface area (Å²) < 4.78 is 30.6. The van der Waals surface area contributed by atoms with Crippen LogP contribution in [0.1, 0.15) is 23.7 Å². The number of hydrogen-bond donors (Lipinski definition) is 0. The Labute approximate surface area is 142 Å². The molecule has 0 unspecified atom stereocenters.